The molecule has 4 aliphatic carbocycles. The van der Waals surface area contributed by atoms with Crippen LogP contribution in [0.15, 0.2) is 24.3 Å². The fraction of sp³-hybridized carbons (Fsp3) is 0.696. The lowest BCUT2D eigenvalue weighted by molar-refractivity contribution is -0.00942. The molecule has 0 aliphatic heterocycles. The van der Waals surface area contributed by atoms with Gasteiger partial charge < -0.3 is 10.6 Å². The van der Waals surface area contributed by atoms with Crippen LogP contribution in [0.25, 0.3) is 0 Å². The van der Waals surface area contributed by atoms with Gasteiger partial charge in [0.2, 0.25) is 0 Å². The molecule has 4 bridgehead atoms. The Morgan fingerprint density at radius 1 is 1.04 bits per heavy atom. The third-order valence-corrected chi connectivity index (χ3v) is 7.38. The van der Waals surface area contributed by atoms with Gasteiger partial charge in [-0.1, -0.05) is 24.3 Å². The molecule has 1 aromatic carbocycles. The lowest BCUT2D eigenvalue weighted by Crippen LogP contribution is -2.57. The van der Waals surface area contributed by atoms with Crippen LogP contribution in [0.2, 0.25) is 0 Å². The molecule has 1 aromatic rings. The molecule has 27 heavy (non-hydrogen) atoms. The summed E-state index contributed by atoms with van der Waals surface area (Å²) in [7, 11) is 2.15. The minimum absolute atomic E-state index is 0.0134. The molecule has 5 rings (SSSR count). The molecule has 4 fully saturated rings. The van der Waals surface area contributed by atoms with Gasteiger partial charge in [-0.25, -0.2) is 4.79 Å². The summed E-state index contributed by atoms with van der Waals surface area (Å²) in [4.78, 5) is 14.9. The molecule has 4 aliphatic rings. The predicted molar refractivity (Wildman–Crippen MR) is 109 cm³/mol. The van der Waals surface area contributed by atoms with E-state index in [1.807, 2.05) is 0 Å². The number of nitrogens with zero attached hydrogens (tertiary/aromatic N) is 1. The molecule has 0 radical (unpaired) electrons. The molecule has 0 heterocycles. The van der Waals surface area contributed by atoms with Crippen molar-refractivity contribution in [2.75, 3.05) is 7.05 Å². The summed E-state index contributed by atoms with van der Waals surface area (Å²) in [5.41, 5.74) is 2.51. The van der Waals surface area contributed by atoms with E-state index in [4.69, 9.17) is 0 Å². The van der Waals surface area contributed by atoms with E-state index in [9.17, 15) is 4.79 Å². The van der Waals surface area contributed by atoms with Gasteiger partial charge in [-0.05, 0) is 87.8 Å². The molecule has 0 saturated heterocycles. The first-order chi connectivity index (χ1) is 13.0. The number of nitrogens with one attached hydrogen (secondary N) is 2. The van der Waals surface area contributed by atoms with Gasteiger partial charge in [0.15, 0.2) is 0 Å². The Kier molecular flexibility index (Phi) is 5.45. The van der Waals surface area contributed by atoms with Gasteiger partial charge in [-0.15, -0.1) is 0 Å². The standard InChI is InChI=1S/C23H35N3O/c1-15(2)26(3)14-19-7-5-4-6-18(19)13-24-23(27)25-22-20-9-16-8-17(11-20)12-21(22)10-16/h4-7,15-17,20-22H,8-14H2,1-3H3,(H2,24,25,27). The van der Waals surface area contributed by atoms with Crippen molar-refractivity contribution in [1.82, 2.24) is 15.5 Å². The van der Waals surface area contributed by atoms with Crippen molar-refractivity contribution >= 4 is 6.03 Å². The van der Waals surface area contributed by atoms with Crippen molar-refractivity contribution in [3.8, 4) is 0 Å². The summed E-state index contributed by atoms with van der Waals surface area (Å²) in [6.07, 6.45) is 6.79. The fourth-order valence-electron chi connectivity index (χ4n) is 5.87. The molecular weight excluding hydrogens is 334 g/mol. The Bertz CT molecular complexity index is 643. The van der Waals surface area contributed by atoms with E-state index in [-0.39, 0.29) is 6.03 Å². The Hall–Kier alpha value is -1.55. The normalized spacial score (nSPS) is 31.5. The Labute approximate surface area is 164 Å². The van der Waals surface area contributed by atoms with Crippen molar-refractivity contribution in [3.63, 3.8) is 0 Å². The maximum absolute atomic E-state index is 12.6. The van der Waals surface area contributed by atoms with Crippen LogP contribution in [0.4, 0.5) is 4.79 Å². The van der Waals surface area contributed by atoms with Crippen molar-refractivity contribution in [3.05, 3.63) is 35.4 Å². The van der Waals surface area contributed by atoms with E-state index >= 15 is 0 Å². The summed E-state index contributed by atoms with van der Waals surface area (Å²) in [6.45, 7) is 5.92. The first kappa shape index (κ1) is 18.8. The zero-order valence-electron chi connectivity index (χ0n) is 17.1. The number of hydrogen-bond acceptors (Lipinski definition) is 2. The second-order valence-corrected chi connectivity index (χ2v) is 9.56. The van der Waals surface area contributed by atoms with E-state index in [0.29, 0.717) is 18.6 Å². The van der Waals surface area contributed by atoms with Crippen LogP contribution in [-0.4, -0.2) is 30.1 Å². The minimum atomic E-state index is 0.0134. The Morgan fingerprint density at radius 2 is 1.63 bits per heavy atom. The SMILES string of the molecule is CC(C)N(C)Cc1ccccc1CNC(=O)NC1C2CC3CC(C2)CC1C3. The van der Waals surface area contributed by atoms with E-state index in [0.717, 1.165) is 30.2 Å². The van der Waals surface area contributed by atoms with E-state index in [1.165, 1.54) is 43.2 Å². The molecule has 2 N–H and O–H groups in total. The van der Waals surface area contributed by atoms with E-state index in [2.05, 4.69) is 60.7 Å². The minimum Gasteiger partial charge on any atom is -0.335 e. The van der Waals surface area contributed by atoms with Gasteiger partial charge >= 0.3 is 6.03 Å². The number of carbonyl (C=O) groups excluding carboxylic acids is 1. The highest BCUT2D eigenvalue weighted by Gasteiger charge is 2.48. The number of hydrogen-bond donors (Lipinski definition) is 2. The smallest absolute Gasteiger partial charge is 0.315 e. The topological polar surface area (TPSA) is 44.4 Å². The maximum atomic E-state index is 12.6. The zero-order chi connectivity index (χ0) is 19.0. The molecule has 0 aromatic heterocycles. The maximum Gasteiger partial charge on any atom is 0.315 e. The second-order valence-electron chi connectivity index (χ2n) is 9.56. The van der Waals surface area contributed by atoms with Gasteiger partial charge in [-0.3, -0.25) is 4.90 Å². The summed E-state index contributed by atoms with van der Waals surface area (Å²) in [5, 5.41) is 6.48. The van der Waals surface area contributed by atoms with Gasteiger partial charge in [-0.2, -0.15) is 0 Å². The molecule has 0 atom stereocenters. The van der Waals surface area contributed by atoms with Crippen LogP contribution in [0.5, 0.6) is 0 Å². The first-order valence-electron chi connectivity index (χ1n) is 10.8. The zero-order valence-corrected chi connectivity index (χ0v) is 17.1. The van der Waals surface area contributed by atoms with E-state index in [1.54, 1.807) is 0 Å². The molecule has 4 nitrogen and oxygen atoms in total. The molecule has 4 saturated carbocycles. The predicted octanol–water partition coefficient (Wildman–Crippen LogP) is 4.15. The average molecular weight is 370 g/mol. The van der Waals surface area contributed by atoms with Crippen molar-refractivity contribution in [2.24, 2.45) is 23.7 Å². The van der Waals surface area contributed by atoms with Crippen LogP contribution >= 0.6 is 0 Å². The average Bonchev–Trinajstić information content (AvgIpc) is 2.63. The third kappa shape index (κ3) is 4.16. The summed E-state index contributed by atoms with van der Waals surface area (Å²) in [6, 6.07) is 9.37. The van der Waals surface area contributed by atoms with Crippen LogP contribution in [0, 0.1) is 23.7 Å². The largest absolute Gasteiger partial charge is 0.335 e. The number of rotatable bonds is 6. The third-order valence-electron chi connectivity index (χ3n) is 7.38. The molecule has 148 valence electrons. The van der Waals surface area contributed by atoms with Gasteiger partial charge in [0, 0.05) is 25.2 Å². The fourth-order valence-corrected chi connectivity index (χ4v) is 5.87. The summed E-state index contributed by atoms with van der Waals surface area (Å²) in [5.74, 6) is 3.33. The highest BCUT2D eigenvalue weighted by molar-refractivity contribution is 5.74. The molecule has 2 amide bonds. The monoisotopic (exact) mass is 369 g/mol. The second kappa shape index (κ2) is 7.83. The van der Waals surface area contributed by atoms with E-state index < -0.39 is 0 Å². The number of amides is 2. The van der Waals surface area contributed by atoms with Crippen LogP contribution < -0.4 is 10.6 Å². The van der Waals surface area contributed by atoms with Gasteiger partial charge in [0.1, 0.15) is 0 Å². The molecule has 4 heteroatoms. The number of benzene rings is 1. The lowest BCUT2D eigenvalue weighted by Gasteiger charge is -2.54. The quantitative estimate of drug-likeness (QED) is 0.791. The van der Waals surface area contributed by atoms with Crippen LogP contribution in [0.3, 0.4) is 0 Å². The van der Waals surface area contributed by atoms with Gasteiger partial charge in [0.05, 0.1) is 0 Å². The highest BCUT2D eigenvalue weighted by Crippen LogP contribution is 2.53. The van der Waals surface area contributed by atoms with Crippen LogP contribution in [0.1, 0.15) is 57.1 Å². The number of carbonyl (C=O) groups is 1. The van der Waals surface area contributed by atoms with Gasteiger partial charge in [0.25, 0.3) is 0 Å². The van der Waals surface area contributed by atoms with Crippen molar-refractivity contribution in [2.45, 2.75) is 71.1 Å². The Morgan fingerprint density at radius 3 is 2.22 bits per heavy atom. The summed E-state index contributed by atoms with van der Waals surface area (Å²) >= 11 is 0. The highest BCUT2D eigenvalue weighted by atomic mass is 16.2. The number of urea groups is 1. The molecule has 0 spiro atoms. The lowest BCUT2D eigenvalue weighted by atomic mass is 9.54. The molecular formula is C23H35N3O. The van der Waals surface area contributed by atoms with Crippen molar-refractivity contribution in [1.29, 1.82) is 0 Å². The molecule has 0 unspecified atom stereocenters. The summed E-state index contributed by atoms with van der Waals surface area (Å²) < 4.78 is 0. The van der Waals surface area contributed by atoms with Crippen LogP contribution in [-0.2, 0) is 13.1 Å². The first-order valence-corrected chi connectivity index (χ1v) is 10.8. The van der Waals surface area contributed by atoms with Crippen molar-refractivity contribution < 1.29 is 4.79 Å². The Balaban J connectivity index is 1.32.